The summed E-state index contributed by atoms with van der Waals surface area (Å²) in [5.41, 5.74) is 3.13. The highest BCUT2D eigenvalue weighted by atomic mass is 35.5. The van der Waals surface area contributed by atoms with Gasteiger partial charge < -0.3 is 8.98 Å². The Bertz CT molecular complexity index is 1250. The molecule has 1 fully saturated rings. The largest absolute Gasteiger partial charge is 0.434 e. The van der Waals surface area contributed by atoms with Crippen molar-refractivity contribution in [1.29, 1.82) is 0 Å². The van der Waals surface area contributed by atoms with E-state index in [1.54, 1.807) is 12.4 Å². The molecule has 1 aliphatic carbocycles. The Morgan fingerprint density at radius 1 is 1.23 bits per heavy atom. The molecule has 0 amide bonds. The lowest BCUT2D eigenvalue weighted by atomic mass is 9.83. The van der Waals surface area contributed by atoms with Gasteiger partial charge in [-0.3, -0.25) is 4.98 Å². The summed E-state index contributed by atoms with van der Waals surface area (Å²) < 4.78 is 7.29. The Labute approximate surface area is 177 Å². The van der Waals surface area contributed by atoms with Crippen LogP contribution in [0.2, 0.25) is 5.02 Å². The van der Waals surface area contributed by atoms with Crippen LogP contribution in [0.25, 0.3) is 34.0 Å². The second kappa shape index (κ2) is 7.68. The average molecular weight is 425 g/mol. The van der Waals surface area contributed by atoms with Gasteiger partial charge in [-0.1, -0.05) is 31.4 Å². The number of aromatic amines is 1. The Morgan fingerprint density at radius 2 is 2.07 bits per heavy atom. The van der Waals surface area contributed by atoms with Crippen LogP contribution in [-0.4, -0.2) is 29.7 Å². The van der Waals surface area contributed by atoms with Gasteiger partial charge in [-0.25, -0.2) is 19.9 Å². The van der Waals surface area contributed by atoms with Crippen LogP contribution in [0.4, 0.5) is 0 Å². The first-order chi connectivity index (χ1) is 14.6. The van der Waals surface area contributed by atoms with Crippen LogP contribution >= 0.6 is 11.6 Å². The van der Waals surface area contributed by atoms with Crippen molar-refractivity contribution in [2.45, 2.75) is 39.2 Å². The highest BCUT2D eigenvalue weighted by molar-refractivity contribution is 6.30. The number of aromatic nitrogens is 6. The van der Waals surface area contributed by atoms with Crippen LogP contribution in [0.5, 0.6) is 0 Å². The maximum Gasteiger partial charge on any atom is 0.434 e. The van der Waals surface area contributed by atoms with Crippen LogP contribution in [0.15, 0.2) is 39.9 Å². The van der Waals surface area contributed by atoms with Crippen LogP contribution in [0.3, 0.4) is 0 Å². The molecular weight excluding hydrogens is 404 g/mol. The minimum atomic E-state index is -0.649. The van der Waals surface area contributed by atoms with E-state index in [2.05, 4.69) is 36.6 Å². The molecule has 4 heterocycles. The van der Waals surface area contributed by atoms with Gasteiger partial charge in [0.15, 0.2) is 0 Å². The molecule has 1 saturated carbocycles. The SMILES string of the molecule is C[C@H]1CC[C@H](Cn2ccc3nc(-c4n[nH]c(=O)o4)nc(-c4cncc(Cl)c4)c32)CC1. The Morgan fingerprint density at radius 3 is 2.80 bits per heavy atom. The van der Waals surface area contributed by atoms with E-state index in [9.17, 15) is 4.79 Å². The lowest BCUT2D eigenvalue weighted by molar-refractivity contribution is 0.267. The number of H-pyrrole nitrogens is 1. The Balaban J connectivity index is 1.64. The third-order valence-corrected chi connectivity index (χ3v) is 6.02. The number of hydrogen-bond donors (Lipinski definition) is 1. The van der Waals surface area contributed by atoms with E-state index in [1.165, 1.54) is 25.7 Å². The third-order valence-electron chi connectivity index (χ3n) is 5.81. The molecule has 30 heavy (non-hydrogen) atoms. The van der Waals surface area contributed by atoms with Crippen molar-refractivity contribution in [2.75, 3.05) is 0 Å². The zero-order chi connectivity index (χ0) is 20.7. The maximum absolute atomic E-state index is 11.4. The molecule has 1 N–H and O–H groups in total. The van der Waals surface area contributed by atoms with Gasteiger partial charge >= 0.3 is 5.76 Å². The van der Waals surface area contributed by atoms with E-state index in [0.717, 1.165) is 29.1 Å². The van der Waals surface area contributed by atoms with Gasteiger partial charge in [-0.2, -0.15) is 0 Å². The van der Waals surface area contributed by atoms with Crippen LogP contribution < -0.4 is 5.76 Å². The standard InChI is InChI=1S/C21H21ClN6O2/c1-12-2-4-13(5-3-12)11-28-7-6-16-18(28)17(14-8-15(22)10-23-9-14)25-19(24-16)20-26-27-21(29)30-20/h6-10,12-13H,2-5,11H2,1H3,(H,27,29)/t12-,13-. The van der Waals surface area contributed by atoms with Gasteiger partial charge in [0.2, 0.25) is 5.82 Å². The van der Waals surface area contributed by atoms with Gasteiger partial charge in [0.05, 0.1) is 16.1 Å². The fourth-order valence-corrected chi connectivity index (χ4v) is 4.39. The number of nitrogens with zero attached hydrogens (tertiary/aromatic N) is 5. The molecule has 0 bridgehead atoms. The minimum absolute atomic E-state index is 0.0483. The van der Waals surface area contributed by atoms with Crippen LogP contribution in [0, 0.1) is 11.8 Å². The summed E-state index contributed by atoms with van der Waals surface area (Å²) in [6, 6.07) is 3.78. The minimum Gasteiger partial charge on any atom is -0.384 e. The molecule has 0 unspecified atom stereocenters. The van der Waals surface area contributed by atoms with Gasteiger partial charge in [-0.15, -0.1) is 5.10 Å². The van der Waals surface area contributed by atoms with Gasteiger partial charge in [0.1, 0.15) is 5.69 Å². The Kier molecular flexibility index (Phi) is 4.86. The molecule has 0 spiro atoms. The molecule has 4 aromatic heterocycles. The lowest BCUT2D eigenvalue weighted by Crippen LogP contribution is -2.17. The van der Waals surface area contributed by atoms with Crippen molar-refractivity contribution in [3.05, 3.63) is 46.3 Å². The molecule has 5 rings (SSSR count). The fraction of sp³-hybridized carbons (Fsp3) is 0.381. The number of fused-ring (bicyclic) bond motifs is 1. The number of pyridine rings is 1. The monoisotopic (exact) mass is 424 g/mol. The summed E-state index contributed by atoms with van der Waals surface area (Å²) in [6.07, 6.45) is 10.3. The molecule has 154 valence electrons. The van der Waals surface area contributed by atoms with E-state index in [4.69, 9.17) is 16.0 Å². The normalized spacial score (nSPS) is 19.4. The van der Waals surface area contributed by atoms with Crippen LogP contribution in [0.1, 0.15) is 32.6 Å². The quantitative estimate of drug-likeness (QED) is 0.523. The molecule has 0 radical (unpaired) electrons. The zero-order valence-corrected chi connectivity index (χ0v) is 17.3. The van der Waals surface area contributed by atoms with E-state index >= 15 is 0 Å². The first-order valence-electron chi connectivity index (χ1n) is 10.1. The zero-order valence-electron chi connectivity index (χ0n) is 16.5. The summed E-state index contributed by atoms with van der Waals surface area (Å²) in [5.74, 6) is 1.08. The van der Waals surface area contributed by atoms with Crippen molar-refractivity contribution in [3.8, 4) is 23.0 Å². The molecule has 0 aliphatic heterocycles. The average Bonchev–Trinajstić information content (AvgIpc) is 3.35. The van der Waals surface area contributed by atoms with Crippen molar-refractivity contribution < 1.29 is 4.42 Å². The molecule has 0 atom stereocenters. The van der Waals surface area contributed by atoms with E-state index in [1.807, 2.05) is 18.3 Å². The van der Waals surface area contributed by atoms with E-state index in [-0.39, 0.29) is 11.7 Å². The van der Waals surface area contributed by atoms with E-state index < -0.39 is 5.76 Å². The second-order valence-electron chi connectivity index (χ2n) is 8.03. The summed E-state index contributed by atoms with van der Waals surface area (Å²) >= 11 is 6.20. The van der Waals surface area contributed by atoms with Crippen molar-refractivity contribution >= 4 is 22.6 Å². The van der Waals surface area contributed by atoms with Crippen molar-refractivity contribution in [2.24, 2.45) is 11.8 Å². The van der Waals surface area contributed by atoms with Crippen LogP contribution in [-0.2, 0) is 6.54 Å². The summed E-state index contributed by atoms with van der Waals surface area (Å²) in [6.45, 7) is 3.24. The summed E-state index contributed by atoms with van der Waals surface area (Å²) in [7, 11) is 0. The van der Waals surface area contributed by atoms with Crippen molar-refractivity contribution in [3.63, 3.8) is 0 Å². The van der Waals surface area contributed by atoms with Crippen molar-refractivity contribution in [1.82, 2.24) is 29.7 Å². The molecule has 0 saturated heterocycles. The maximum atomic E-state index is 11.4. The Hall–Kier alpha value is -3.00. The molecular formula is C21H21ClN6O2. The predicted molar refractivity (Wildman–Crippen MR) is 113 cm³/mol. The summed E-state index contributed by atoms with van der Waals surface area (Å²) in [5, 5.41) is 6.65. The molecule has 4 aromatic rings. The number of hydrogen-bond acceptors (Lipinski definition) is 6. The van der Waals surface area contributed by atoms with Gasteiger partial charge in [0, 0.05) is 30.7 Å². The smallest absolute Gasteiger partial charge is 0.384 e. The lowest BCUT2D eigenvalue weighted by Gasteiger charge is -2.26. The van der Waals surface area contributed by atoms with Gasteiger partial charge in [0.25, 0.3) is 5.89 Å². The second-order valence-corrected chi connectivity index (χ2v) is 8.47. The molecule has 1 aliphatic rings. The third kappa shape index (κ3) is 3.63. The summed E-state index contributed by atoms with van der Waals surface area (Å²) in [4.78, 5) is 24.9. The molecule has 9 heteroatoms. The number of rotatable bonds is 4. The first kappa shape index (κ1) is 19.0. The highest BCUT2D eigenvalue weighted by Crippen LogP contribution is 2.33. The van der Waals surface area contributed by atoms with E-state index in [0.29, 0.717) is 16.6 Å². The fourth-order valence-electron chi connectivity index (χ4n) is 4.21. The van der Waals surface area contributed by atoms with Gasteiger partial charge in [-0.05, 0) is 36.8 Å². The molecule has 8 nitrogen and oxygen atoms in total. The predicted octanol–water partition coefficient (Wildman–Crippen LogP) is 4.32. The first-order valence-corrected chi connectivity index (χ1v) is 10.5. The molecule has 0 aromatic carbocycles. The number of halogens is 1. The number of nitrogens with one attached hydrogen (secondary N) is 1. The topological polar surface area (TPSA) is 102 Å². The highest BCUT2D eigenvalue weighted by Gasteiger charge is 2.22.